The van der Waals surface area contributed by atoms with Gasteiger partial charge in [-0.3, -0.25) is 4.98 Å². The number of nitrogens with two attached hydrogens (primary N) is 1. The smallest absolute Gasteiger partial charge is 0.125 e. The van der Waals surface area contributed by atoms with Gasteiger partial charge in [-0.25, -0.2) is 0 Å². The molecule has 1 atom stereocenters. The van der Waals surface area contributed by atoms with E-state index in [1.807, 2.05) is 24.3 Å². The highest BCUT2D eigenvalue weighted by Crippen LogP contribution is 2.34. The lowest BCUT2D eigenvalue weighted by Gasteiger charge is -2.14. The van der Waals surface area contributed by atoms with Gasteiger partial charge in [-0.15, -0.1) is 0 Å². The highest BCUT2D eigenvalue weighted by atomic mass is 35.5. The van der Waals surface area contributed by atoms with Crippen molar-refractivity contribution < 1.29 is 4.74 Å². The fourth-order valence-corrected chi connectivity index (χ4v) is 2.73. The van der Waals surface area contributed by atoms with Crippen LogP contribution in [0.25, 0.3) is 0 Å². The maximum Gasteiger partial charge on any atom is 0.125 e. The quantitative estimate of drug-likeness (QED) is 0.936. The van der Waals surface area contributed by atoms with E-state index in [0.717, 1.165) is 34.9 Å². The molecule has 3 nitrogen and oxygen atoms in total. The number of fused-ring (bicyclic) bond motifs is 1. The lowest BCUT2D eigenvalue weighted by molar-refractivity contribution is 0.352. The van der Waals surface area contributed by atoms with Crippen molar-refractivity contribution in [2.24, 2.45) is 5.73 Å². The molecular weight excluding hydrogens is 260 g/mol. The Kier molecular flexibility index (Phi) is 3.40. The van der Waals surface area contributed by atoms with Crippen LogP contribution in [0.2, 0.25) is 5.02 Å². The summed E-state index contributed by atoms with van der Waals surface area (Å²) in [5, 5.41) is 0.751. The van der Waals surface area contributed by atoms with Gasteiger partial charge in [0.2, 0.25) is 0 Å². The molecule has 2 heterocycles. The van der Waals surface area contributed by atoms with Crippen LogP contribution in [-0.2, 0) is 12.8 Å². The molecule has 1 aliphatic heterocycles. The molecule has 2 N–H and O–H groups in total. The minimum Gasteiger partial charge on any atom is -0.493 e. The molecule has 0 aliphatic carbocycles. The van der Waals surface area contributed by atoms with Gasteiger partial charge in [0.1, 0.15) is 5.75 Å². The molecular formula is C15H15ClN2O. The average molecular weight is 275 g/mol. The first kappa shape index (κ1) is 12.5. The maximum atomic E-state index is 6.24. The number of pyridine rings is 1. The van der Waals surface area contributed by atoms with Gasteiger partial charge in [-0.1, -0.05) is 11.6 Å². The zero-order valence-corrected chi connectivity index (χ0v) is 11.2. The first-order chi connectivity index (χ1) is 9.24. The lowest BCUT2D eigenvalue weighted by atomic mass is 9.98. The first-order valence-electron chi connectivity index (χ1n) is 6.33. The molecule has 1 unspecified atom stereocenters. The van der Waals surface area contributed by atoms with E-state index in [1.54, 1.807) is 12.4 Å². The zero-order chi connectivity index (χ0) is 13.2. The van der Waals surface area contributed by atoms with E-state index in [4.69, 9.17) is 22.1 Å². The molecule has 2 aromatic rings. The molecule has 0 saturated carbocycles. The Hall–Kier alpha value is -1.58. The highest BCUT2D eigenvalue weighted by Gasteiger charge is 2.19. The Morgan fingerprint density at radius 2 is 2.11 bits per heavy atom. The summed E-state index contributed by atoms with van der Waals surface area (Å²) in [5.41, 5.74) is 9.59. The number of benzene rings is 1. The topological polar surface area (TPSA) is 48.1 Å². The van der Waals surface area contributed by atoms with E-state index in [1.165, 1.54) is 5.56 Å². The van der Waals surface area contributed by atoms with Crippen molar-refractivity contribution in [3.63, 3.8) is 0 Å². The number of aromatic nitrogens is 1. The molecule has 19 heavy (non-hydrogen) atoms. The van der Waals surface area contributed by atoms with Gasteiger partial charge in [0.05, 0.1) is 6.61 Å². The molecule has 98 valence electrons. The van der Waals surface area contributed by atoms with Crippen LogP contribution in [0.15, 0.2) is 36.7 Å². The fourth-order valence-electron chi connectivity index (χ4n) is 2.46. The number of rotatable bonds is 3. The van der Waals surface area contributed by atoms with E-state index in [0.29, 0.717) is 6.42 Å². The van der Waals surface area contributed by atoms with E-state index in [-0.39, 0.29) is 6.04 Å². The van der Waals surface area contributed by atoms with Gasteiger partial charge in [0.25, 0.3) is 0 Å². The van der Waals surface area contributed by atoms with Gasteiger partial charge < -0.3 is 10.5 Å². The normalized spacial score (nSPS) is 14.8. The standard InChI is InChI=1S/C15H15ClN2O/c16-13-7-11-3-6-19-15(11)12(8-13)9-14(17)10-1-4-18-5-2-10/h1-2,4-5,7-8,14H,3,6,9,17H2. The van der Waals surface area contributed by atoms with Crippen molar-refractivity contribution in [3.05, 3.63) is 58.4 Å². The van der Waals surface area contributed by atoms with Crippen LogP contribution in [0, 0.1) is 0 Å². The summed E-state index contributed by atoms with van der Waals surface area (Å²) in [6, 6.07) is 7.74. The summed E-state index contributed by atoms with van der Waals surface area (Å²) in [4.78, 5) is 4.01. The summed E-state index contributed by atoms with van der Waals surface area (Å²) in [5.74, 6) is 0.967. The molecule has 0 amide bonds. The molecule has 1 aliphatic rings. The van der Waals surface area contributed by atoms with E-state index < -0.39 is 0 Å². The van der Waals surface area contributed by atoms with E-state index in [9.17, 15) is 0 Å². The molecule has 0 bridgehead atoms. The minimum atomic E-state index is -0.0743. The molecule has 4 heteroatoms. The Bertz CT molecular complexity index is 586. The largest absolute Gasteiger partial charge is 0.493 e. The lowest BCUT2D eigenvalue weighted by Crippen LogP contribution is -2.13. The second-order valence-corrected chi connectivity index (χ2v) is 5.18. The van der Waals surface area contributed by atoms with Crippen LogP contribution in [0.3, 0.4) is 0 Å². The highest BCUT2D eigenvalue weighted by molar-refractivity contribution is 6.30. The van der Waals surface area contributed by atoms with Crippen LogP contribution in [-0.4, -0.2) is 11.6 Å². The molecule has 0 radical (unpaired) electrons. The van der Waals surface area contributed by atoms with Crippen LogP contribution in [0.1, 0.15) is 22.7 Å². The second-order valence-electron chi connectivity index (χ2n) is 4.74. The Morgan fingerprint density at radius 1 is 1.32 bits per heavy atom. The van der Waals surface area contributed by atoms with Crippen molar-refractivity contribution in [2.75, 3.05) is 6.61 Å². The number of halogens is 1. The Balaban J connectivity index is 1.88. The van der Waals surface area contributed by atoms with E-state index in [2.05, 4.69) is 4.98 Å². The van der Waals surface area contributed by atoms with Gasteiger partial charge in [-0.05, 0) is 47.4 Å². The van der Waals surface area contributed by atoms with E-state index >= 15 is 0 Å². The monoisotopic (exact) mass is 274 g/mol. The van der Waals surface area contributed by atoms with Crippen molar-refractivity contribution in [1.82, 2.24) is 4.98 Å². The number of ether oxygens (including phenoxy) is 1. The summed E-state index contributed by atoms with van der Waals surface area (Å²) < 4.78 is 5.69. The third-order valence-electron chi connectivity index (χ3n) is 3.40. The number of nitrogens with zero attached hydrogens (tertiary/aromatic N) is 1. The zero-order valence-electron chi connectivity index (χ0n) is 10.5. The molecule has 0 fully saturated rings. The van der Waals surface area contributed by atoms with Gasteiger partial charge in [-0.2, -0.15) is 0 Å². The summed E-state index contributed by atoms with van der Waals surface area (Å²) in [6.45, 7) is 0.729. The predicted molar refractivity (Wildman–Crippen MR) is 75.5 cm³/mol. The molecule has 0 saturated heterocycles. The second kappa shape index (κ2) is 5.19. The van der Waals surface area contributed by atoms with Crippen LogP contribution < -0.4 is 10.5 Å². The molecule has 3 rings (SSSR count). The Morgan fingerprint density at radius 3 is 2.89 bits per heavy atom. The first-order valence-corrected chi connectivity index (χ1v) is 6.71. The third kappa shape index (κ3) is 2.57. The fraction of sp³-hybridized carbons (Fsp3) is 0.267. The van der Waals surface area contributed by atoms with Crippen LogP contribution in [0.5, 0.6) is 5.75 Å². The maximum absolute atomic E-state index is 6.24. The van der Waals surface area contributed by atoms with Crippen molar-refractivity contribution >= 4 is 11.6 Å². The van der Waals surface area contributed by atoms with Crippen molar-refractivity contribution in [3.8, 4) is 5.75 Å². The summed E-state index contributed by atoms with van der Waals surface area (Å²) >= 11 is 6.15. The molecule has 0 spiro atoms. The van der Waals surface area contributed by atoms with Gasteiger partial charge in [0, 0.05) is 29.9 Å². The Labute approximate surface area is 117 Å². The van der Waals surface area contributed by atoms with Crippen LogP contribution in [0.4, 0.5) is 0 Å². The summed E-state index contributed by atoms with van der Waals surface area (Å²) in [6.07, 6.45) is 5.16. The van der Waals surface area contributed by atoms with Crippen LogP contribution >= 0.6 is 11.6 Å². The number of hydrogen-bond acceptors (Lipinski definition) is 3. The minimum absolute atomic E-state index is 0.0743. The molecule has 1 aromatic carbocycles. The summed E-state index contributed by atoms with van der Waals surface area (Å²) in [7, 11) is 0. The van der Waals surface area contributed by atoms with Gasteiger partial charge >= 0.3 is 0 Å². The predicted octanol–water partition coefficient (Wildman–Crippen LogP) is 2.91. The van der Waals surface area contributed by atoms with Crippen molar-refractivity contribution in [1.29, 1.82) is 0 Å². The number of hydrogen-bond donors (Lipinski definition) is 1. The van der Waals surface area contributed by atoms with Crippen molar-refractivity contribution in [2.45, 2.75) is 18.9 Å². The SMILES string of the molecule is NC(Cc1cc(Cl)cc2c1OCC2)c1ccncc1. The third-order valence-corrected chi connectivity index (χ3v) is 3.62. The average Bonchev–Trinajstić information content (AvgIpc) is 2.88. The molecule has 1 aromatic heterocycles. The van der Waals surface area contributed by atoms with Gasteiger partial charge in [0.15, 0.2) is 0 Å².